The average Bonchev–Trinajstić information content (AvgIpc) is 3.29. The minimum atomic E-state index is -0.904. The molecule has 0 aromatic carbocycles. The first-order chi connectivity index (χ1) is 18.6. The quantitative estimate of drug-likeness (QED) is 0.351. The lowest BCUT2D eigenvalue weighted by Crippen LogP contribution is -2.57. The lowest BCUT2D eigenvalue weighted by Gasteiger charge is -2.35. The van der Waals surface area contributed by atoms with Crippen molar-refractivity contribution in [2.45, 2.75) is 108 Å². The van der Waals surface area contributed by atoms with Crippen LogP contribution < -0.4 is 10.6 Å². The average molecular weight is 584 g/mol. The number of likely N-dealkylation sites (tertiary alicyclic amines) is 1. The number of hydrogen-bond acceptors (Lipinski definition) is 8. The van der Waals surface area contributed by atoms with Gasteiger partial charge in [0.15, 0.2) is 5.78 Å². The molecule has 2 heterocycles. The number of nitrogens with one attached hydrogen (secondary N) is 2. The van der Waals surface area contributed by atoms with E-state index in [2.05, 4.69) is 10.6 Å². The summed E-state index contributed by atoms with van der Waals surface area (Å²) in [7, 11) is 0. The number of carbonyl (C=O) groups excluding carboxylic acids is 5. The van der Waals surface area contributed by atoms with E-state index in [9.17, 15) is 24.0 Å². The fraction of sp³-hybridized carbons (Fsp3) is 0.821. The van der Waals surface area contributed by atoms with Crippen LogP contribution in [0.4, 0.5) is 4.79 Å². The topological polar surface area (TPSA) is 122 Å². The summed E-state index contributed by atoms with van der Waals surface area (Å²) in [5.41, 5.74) is 0. The highest BCUT2D eigenvalue weighted by molar-refractivity contribution is 8.18. The van der Waals surface area contributed by atoms with Crippen LogP contribution in [0.25, 0.3) is 0 Å². The van der Waals surface area contributed by atoms with Gasteiger partial charge < -0.3 is 20.3 Å². The number of Topliss-reactive ketones (excluding diaryl/α,β-unsaturated/α-hetero) is 2. The molecule has 2 saturated heterocycles. The predicted molar refractivity (Wildman–Crippen MR) is 155 cm³/mol. The van der Waals surface area contributed by atoms with Gasteiger partial charge in [0.1, 0.15) is 12.1 Å². The molecular formula is C28H45N3O6S2. The SMILES string of the molecule is CCCC(NC(=O)C1CC2(CN1C(=O)C(NC(=O)OCC(C)C)C1CCCCC1)SCCCS2)C(=O)C(C)=O. The van der Waals surface area contributed by atoms with Crippen LogP contribution in [0.1, 0.15) is 85.5 Å². The maximum absolute atomic E-state index is 14.2. The maximum atomic E-state index is 14.2. The molecule has 3 atom stereocenters. The Labute approximate surface area is 241 Å². The van der Waals surface area contributed by atoms with E-state index in [0.717, 1.165) is 50.0 Å². The molecule has 3 unspecified atom stereocenters. The number of ether oxygens (including phenoxy) is 1. The number of alkyl carbamates (subject to hydrolysis) is 1. The van der Waals surface area contributed by atoms with Gasteiger partial charge in [-0.1, -0.05) is 46.5 Å². The van der Waals surface area contributed by atoms with Crippen LogP contribution >= 0.6 is 23.5 Å². The van der Waals surface area contributed by atoms with Gasteiger partial charge in [0.25, 0.3) is 0 Å². The fourth-order valence-corrected chi connectivity index (χ4v) is 8.99. The van der Waals surface area contributed by atoms with Crippen LogP contribution in [-0.4, -0.2) is 81.2 Å². The van der Waals surface area contributed by atoms with E-state index < -0.39 is 41.7 Å². The summed E-state index contributed by atoms with van der Waals surface area (Å²) in [6.45, 7) is 7.65. The van der Waals surface area contributed by atoms with Crippen molar-refractivity contribution in [3.05, 3.63) is 0 Å². The molecule has 11 heteroatoms. The van der Waals surface area contributed by atoms with Crippen molar-refractivity contribution in [1.82, 2.24) is 15.5 Å². The third-order valence-corrected chi connectivity index (χ3v) is 11.0. The summed E-state index contributed by atoms with van der Waals surface area (Å²) in [4.78, 5) is 66.6. The van der Waals surface area contributed by atoms with Crippen molar-refractivity contribution in [2.75, 3.05) is 24.7 Å². The van der Waals surface area contributed by atoms with Crippen LogP contribution in [0.15, 0.2) is 0 Å². The van der Waals surface area contributed by atoms with E-state index in [1.54, 1.807) is 28.4 Å². The van der Waals surface area contributed by atoms with E-state index in [1.807, 2.05) is 20.8 Å². The van der Waals surface area contributed by atoms with Crippen molar-refractivity contribution >= 4 is 53.0 Å². The monoisotopic (exact) mass is 583 g/mol. The van der Waals surface area contributed by atoms with Crippen LogP contribution in [0.2, 0.25) is 0 Å². The molecule has 39 heavy (non-hydrogen) atoms. The Balaban J connectivity index is 1.87. The number of ketones is 2. The Morgan fingerprint density at radius 3 is 2.26 bits per heavy atom. The zero-order valence-electron chi connectivity index (χ0n) is 23.8. The first-order valence-corrected chi connectivity index (χ1v) is 16.4. The van der Waals surface area contributed by atoms with Gasteiger partial charge >= 0.3 is 6.09 Å². The molecule has 1 saturated carbocycles. The molecule has 1 spiro atoms. The largest absolute Gasteiger partial charge is 0.449 e. The normalized spacial score (nSPS) is 22.8. The summed E-state index contributed by atoms with van der Waals surface area (Å²) >= 11 is 3.57. The number of carbonyl (C=O) groups is 5. The van der Waals surface area contributed by atoms with Gasteiger partial charge in [-0.25, -0.2) is 4.79 Å². The highest BCUT2D eigenvalue weighted by Crippen LogP contribution is 2.50. The Hall–Kier alpha value is -1.75. The molecule has 220 valence electrons. The molecule has 9 nitrogen and oxygen atoms in total. The number of rotatable bonds is 11. The van der Waals surface area contributed by atoms with Crippen LogP contribution in [0, 0.1) is 11.8 Å². The second-order valence-corrected chi connectivity index (χ2v) is 14.6. The van der Waals surface area contributed by atoms with Gasteiger partial charge in [0.2, 0.25) is 17.6 Å². The van der Waals surface area contributed by atoms with E-state index in [4.69, 9.17) is 4.74 Å². The van der Waals surface area contributed by atoms with Crippen LogP contribution in [0.3, 0.4) is 0 Å². The molecule has 0 aromatic heterocycles. The van der Waals surface area contributed by atoms with Gasteiger partial charge in [-0.05, 0) is 49.0 Å². The van der Waals surface area contributed by atoms with Crippen molar-refractivity contribution in [3.63, 3.8) is 0 Å². The van der Waals surface area contributed by atoms with E-state index >= 15 is 0 Å². The summed E-state index contributed by atoms with van der Waals surface area (Å²) in [5.74, 6) is 0.155. The zero-order chi connectivity index (χ0) is 28.6. The third kappa shape index (κ3) is 8.62. The van der Waals surface area contributed by atoms with Crippen molar-refractivity contribution in [3.8, 4) is 0 Å². The smallest absolute Gasteiger partial charge is 0.407 e. The second-order valence-electron chi connectivity index (χ2n) is 11.4. The standard InChI is InChI=1S/C28H45N3O6S2/c1-5-10-21(24(33)19(4)32)29-25(34)22-15-28(38-13-9-14-39-28)17-31(22)26(35)23(20-11-7-6-8-12-20)30-27(36)37-16-18(2)3/h18,20-23H,5-17H2,1-4H3,(H,29,34)(H,30,36). The molecule has 0 radical (unpaired) electrons. The van der Waals surface area contributed by atoms with E-state index in [1.165, 1.54) is 6.92 Å². The minimum absolute atomic E-state index is 0.0306. The molecule has 1 aliphatic carbocycles. The molecule has 2 aliphatic heterocycles. The molecule has 0 bridgehead atoms. The molecule has 0 aromatic rings. The maximum Gasteiger partial charge on any atom is 0.407 e. The van der Waals surface area contributed by atoms with Crippen molar-refractivity contribution < 1.29 is 28.7 Å². The third-order valence-electron chi connectivity index (χ3n) is 7.66. The first-order valence-electron chi connectivity index (χ1n) is 14.4. The summed E-state index contributed by atoms with van der Waals surface area (Å²) in [6, 6.07) is -2.47. The molecule has 2 N–H and O–H groups in total. The Kier molecular flexibility index (Phi) is 12.0. The predicted octanol–water partition coefficient (Wildman–Crippen LogP) is 3.93. The van der Waals surface area contributed by atoms with Crippen molar-refractivity contribution in [1.29, 1.82) is 0 Å². The Bertz CT molecular complexity index is 902. The molecular weight excluding hydrogens is 538 g/mol. The van der Waals surface area contributed by atoms with Gasteiger partial charge in [0, 0.05) is 19.9 Å². The van der Waals surface area contributed by atoms with Gasteiger partial charge in [0.05, 0.1) is 16.7 Å². The molecule has 3 aliphatic rings. The van der Waals surface area contributed by atoms with E-state index in [0.29, 0.717) is 25.8 Å². The van der Waals surface area contributed by atoms with E-state index in [-0.39, 0.29) is 28.4 Å². The Morgan fingerprint density at radius 1 is 1.00 bits per heavy atom. The van der Waals surface area contributed by atoms with Gasteiger partial charge in [-0.15, -0.1) is 23.5 Å². The van der Waals surface area contributed by atoms with Gasteiger partial charge in [-0.3, -0.25) is 19.2 Å². The van der Waals surface area contributed by atoms with Crippen LogP contribution in [0.5, 0.6) is 0 Å². The fourth-order valence-electron chi connectivity index (χ4n) is 5.64. The summed E-state index contributed by atoms with van der Waals surface area (Å²) in [6.07, 6.45) is 6.63. The van der Waals surface area contributed by atoms with Gasteiger partial charge in [-0.2, -0.15) is 0 Å². The molecule has 3 fully saturated rings. The zero-order valence-corrected chi connectivity index (χ0v) is 25.4. The summed E-state index contributed by atoms with van der Waals surface area (Å²) in [5, 5.41) is 5.67. The summed E-state index contributed by atoms with van der Waals surface area (Å²) < 4.78 is 5.06. The minimum Gasteiger partial charge on any atom is -0.449 e. The number of nitrogens with zero attached hydrogens (tertiary/aromatic N) is 1. The number of thioether (sulfide) groups is 2. The van der Waals surface area contributed by atoms with Crippen LogP contribution in [-0.2, 0) is 23.9 Å². The number of amides is 3. The lowest BCUT2D eigenvalue weighted by atomic mass is 9.83. The first kappa shape index (κ1) is 31.8. The highest BCUT2D eigenvalue weighted by Gasteiger charge is 2.52. The number of hydrogen-bond donors (Lipinski definition) is 2. The molecule has 3 rings (SSSR count). The van der Waals surface area contributed by atoms with Crippen molar-refractivity contribution in [2.24, 2.45) is 11.8 Å². The highest BCUT2D eigenvalue weighted by atomic mass is 32.2. The Morgan fingerprint density at radius 2 is 1.67 bits per heavy atom. The second kappa shape index (κ2) is 14.8. The lowest BCUT2D eigenvalue weighted by molar-refractivity contribution is -0.142. The molecule has 3 amide bonds.